The van der Waals surface area contributed by atoms with Gasteiger partial charge in [-0.25, -0.2) is 4.98 Å². The first-order valence-corrected chi connectivity index (χ1v) is 14.1. The molecule has 198 valence electrons. The lowest BCUT2D eigenvalue weighted by Crippen LogP contribution is -2.50. The number of ether oxygens (including phenoxy) is 1. The smallest absolute Gasteiger partial charge is 0.228 e. The van der Waals surface area contributed by atoms with Crippen LogP contribution in [0.5, 0.6) is 5.88 Å². The van der Waals surface area contributed by atoms with Crippen molar-refractivity contribution in [2.24, 2.45) is 17.3 Å². The first-order valence-electron chi connectivity index (χ1n) is 13.4. The van der Waals surface area contributed by atoms with E-state index < -0.39 is 0 Å². The van der Waals surface area contributed by atoms with Crippen LogP contribution in [0.4, 0.5) is 0 Å². The lowest BCUT2D eigenvalue weighted by Gasteiger charge is -2.43. The van der Waals surface area contributed by atoms with Gasteiger partial charge in [-0.15, -0.1) is 0 Å². The highest BCUT2D eigenvalue weighted by atomic mass is 35.5. The third-order valence-corrected chi connectivity index (χ3v) is 9.01. The van der Waals surface area contributed by atoms with Gasteiger partial charge in [0.2, 0.25) is 17.7 Å². The number of likely N-dealkylation sites (tertiary alicyclic amines) is 2. The van der Waals surface area contributed by atoms with Crippen LogP contribution < -0.4 is 4.74 Å². The molecule has 0 unspecified atom stereocenters. The van der Waals surface area contributed by atoms with Gasteiger partial charge < -0.3 is 14.5 Å². The number of benzene rings is 1. The molecule has 2 amide bonds. The van der Waals surface area contributed by atoms with Gasteiger partial charge in [-0.3, -0.25) is 9.59 Å². The number of amides is 2. The fourth-order valence-corrected chi connectivity index (χ4v) is 6.11. The summed E-state index contributed by atoms with van der Waals surface area (Å²) in [5.74, 6) is 1.34. The summed E-state index contributed by atoms with van der Waals surface area (Å²) in [5.41, 5.74) is 1.01. The van der Waals surface area contributed by atoms with E-state index in [4.69, 9.17) is 27.9 Å². The van der Waals surface area contributed by atoms with Crippen LogP contribution in [-0.2, 0) is 9.59 Å². The highest BCUT2D eigenvalue weighted by molar-refractivity contribution is 6.30. The number of hydrogen-bond donors (Lipinski definition) is 0. The first-order chi connectivity index (χ1) is 17.7. The van der Waals surface area contributed by atoms with E-state index in [9.17, 15) is 9.59 Å². The van der Waals surface area contributed by atoms with Crippen LogP contribution in [-0.4, -0.2) is 58.9 Å². The summed E-state index contributed by atoms with van der Waals surface area (Å²) in [6, 6.07) is 11.5. The maximum absolute atomic E-state index is 13.6. The van der Waals surface area contributed by atoms with Crippen molar-refractivity contribution in [3.05, 3.63) is 58.2 Å². The van der Waals surface area contributed by atoms with Gasteiger partial charge in [0, 0.05) is 66.6 Å². The van der Waals surface area contributed by atoms with Crippen molar-refractivity contribution in [2.45, 2.75) is 58.0 Å². The number of hydrogen-bond acceptors (Lipinski definition) is 4. The van der Waals surface area contributed by atoms with Gasteiger partial charge >= 0.3 is 0 Å². The van der Waals surface area contributed by atoms with Crippen LogP contribution >= 0.6 is 23.2 Å². The fraction of sp³-hybridized carbons (Fsp3) is 0.552. The minimum Gasteiger partial charge on any atom is -0.474 e. The third kappa shape index (κ3) is 5.91. The van der Waals surface area contributed by atoms with Gasteiger partial charge in [0.05, 0.1) is 5.02 Å². The normalized spacial score (nSPS) is 24.4. The van der Waals surface area contributed by atoms with Gasteiger partial charge in [-0.2, -0.15) is 0 Å². The van der Waals surface area contributed by atoms with Crippen molar-refractivity contribution in [3.63, 3.8) is 0 Å². The van der Waals surface area contributed by atoms with E-state index in [1.165, 1.54) is 0 Å². The summed E-state index contributed by atoms with van der Waals surface area (Å²) < 4.78 is 6.23. The fourth-order valence-electron chi connectivity index (χ4n) is 5.88. The van der Waals surface area contributed by atoms with Crippen LogP contribution in [0.3, 0.4) is 0 Å². The van der Waals surface area contributed by atoms with E-state index in [-0.39, 0.29) is 41.1 Å². The minimum atomic E-state index is -0.148. The molecule has 6 nitrogen and oxygen atoms in total. The summed E-state index contributed by atoms with van der Waals surface area (Å²) in [5, 5.41) is 1.27. The molecule has 37 heavy (non-hydrogen) atoms. The summed E-state index contributed by atoms with van der Waals surface area (Å²) in [6.45, 7) is 6.84. The Morgan fingerprint density at radius 2 is 1.62 bits per heavy atom. The second-order valence-electron chi connectivity index (χ2n) is 11.2. The molecule has 2 aliphatic heterocycles. The third-order valence-electron chi connectivity index (χ3n) is 8.53. The molecule has 3 aliphatic rings. The van der Waals surface area contributed by atoms with Gasteiger partial charge in [0.25, 0.3) is 0 Å². The molecule has 3 heterocycles. The second-order valence-corrected chi connectivity index (χ2v) is 12.0. The van der Waals surface area contributed by atoms with Crippen molar-refractivity contribution in [1.82, 2.24) is 14.8 Å². The Kier molecular flexibility index (Phi) is 7.69. The molecule has 0 radical (unpaired) electrons. The molecule has 1 aliphatic carbocycles. The van der Waals surface area contributed by atoms with Crippen LogP contribution in [0.2, 0.25) is 10.0 Å². The molecule has 1 aromatic heterocycles. The quantitative estimate of drug-likeness (QED) is 0.460. The van der Waals surface area contributed by atoms with E-state index in [0.29, 0.717) is 42.1 Å². The molecule has 0 bridgehead atoms. The van der Waals surface area contributed by atoms with Crippen LogP contribution in [0.15, 0.2) is 42.6 Å². The number of halogens is 2. The first kappa shape index (κ1) is 26.3. The summed E-state index contributed by atoms with van der Waals surface area (Å²) in [7, 11) is 0. The van der Waals surface area contributed by atoms with Gasteiger partial charge in [0.15, 0.2) is 0 Å². The van der Waals surface area contributed by atoms with Crippen molar-refractivity contribution < 1.29 is 14.3 Å². The molecule has 0 N–H and O–H groups in total. The average molecular weight is 545 g/mol. The van der Waals surface area contributed by atoms with Crippen molar-refractivity contribution in [1.29, 1.82) is 0 Å². The molecule has 2 aromatic rings. The van der Waals surface area contributed by atoms with E-state index in [1.54, 1.807) is 18.3 Å². The molecule has 8 heteroatoms. The zero-order valence-corrected chi connectivity index (χ0v) is 23.0. The molecule has 3 atom stereocenters. The number of pyridine rings is 1. The monoisotopic (exact) mass is 543 g/mol. The maximum atomic E-state index is 13.6. The van der Waals surface area contributed by atoms with E-state index in [0.717, 1.165) is 37.7 Å². The van der Waals surface area contributed by atoms with Gasteiger partial charge in [-0.05, 0) is 62.8 Å². The number of piperidine rings is 2. The Morgan fingerprint density at radius 3 is 2.24 bits per heavy atom. The highest BCUT2D eigenvalue weighted by Crippen LogP contribution is 2.47. The molecular weight excluding hydrogens is 509 g/mol. The van der Waals surface area contributed by atoms with Crippen LogP contribution in [0.1, 0.15) is 57.4 Å². The lowest BCUT2D eigenvalue weighted by molar-refractivity contribution is -0.144. The van der Waals surface area contributed by atoms with Crippen molar-refractivity contribution >= 4 is 35.0 Å². The molecule has 1 saturated carbocycles. The second kappa shape index (κ2) is 10.8. The number of nitrogens with zero attached hydrogens (tertiary/aromatic N) is 3. The zero-order chi connectivity index (χ0) is 26.2. The number of carbonyl (C=O) groups excluding carboxylic acids is 2. The summed E-state index contributed by atoms with van der Waals surface area (Å²) >= 11 is 12.2. The topological polar surface area (TPSA) is 62.7 Å². The largest absolute Gasteiger partial charge is 0.474 e. The zero-order valence-electron chi connectivity index (χ0n) is 21.5. The Bertz CT molecular complexity index is 1110. The average Bonchev–Trinajstić information content (AvgIpc) is 3.67. The molecular formula is C29H35Cl2N3O3. The molecule has 5 rings (SSSR count). The van der Waals surface area contributed by atoms with Crippen molar-refractivity contribution in [3.8, 4) is 5.88 Å². The summed E-state index contributed by atoms with van der Waals surface area (Å²) in [6.07, 6.45) is 5.80. The van der Waals surface area contributed by atoms with Gasteiger partial charge in [-0.1, -0.05) is 42.3 Å². The molecule has 2 saturated heterocycles. The Morgan fingerprint density at radius 1 is 0.973 bits per heavy atom. The van der Waals surface area contributed by atoms with Gasteiger partial charge in [0.1, 0.15) is 6.10 Å². The Hall–Kier alpha value is -2.31. The number of rotatable bonds is 6. The molecule has 0 spiro atoms. The van der Waals surface area contributed by atoms with Crippen LogP contribution in [0, 0.1) is 17.3 Å². The standard InChI is InChI=1S/C29H35Cl2N3O3/c1-19(37-26-8-7-23(31)17-32-26)24-11-16-34(18-25(24)20-3-5-22(30)6-4-20)27(35)21-9-14-33(15-10-21)28(36)29(2)12-13-29/h3-8,17,19,21,24-25H,9-16,18H2,1-2H3/t19-,24-,25-/m0/s1. The van der Waals surface area contributed by atoms with E-state index >= 15 is 0 Å². The Labute approximate surface area is 229 Å². The maximum Gasteiger partial charge on any atom is 0.228 e. The Balaban J connectivity index is 1.26. The summed E-state index contributed by atoms with van der Waals surface area (Å²) in [4.78, 5) is 34.7. The highest BCUT2D eigenvalue weighted by Gasteiger charge is 2.48. The molecule has 3 fully saturated rings. The SMILES string of the molecule is C[C@H](Oc1ccc(Cl)cn1)[C@@H]1CCN(C(=O)C2CCN(C(=O)C3(C)CC3)CC2)C[C@H]1c1ccc(Cl)cc1. The van der Waals surface area contributed by atoms with Crippen LogP contribution in [0.25, 0.3) is 0 Å². The number of carbonyl (C=O) groups is 2. The predicted molar refractivity (Wildman–Crippen MR) is 145 cm³/mol. The molecule has 1 aromatic carbocycles. The van der Waals surface area contributed by atoms with Crippen molar-refractivity contribution in [2.75, 3.05) is 26.2 Å². The minimum absolute atomic E-state index is 0.0228. The number of aromatic nitrogens is 1. The van der Waals surface area contributed by atoms with E-state index in [1.807, 2.05) is 21.9 Å². The lowest BCUT2D eigenvalue weighted by atomic mass is 9.77. The van der Waals surface area contributed by atoms with E-state index in [2.05, 4.69) is 31.0 Å². The predicted octanol–water partition coefficient (Wildman–Crippen LogP) is 5.83.